The molecule has 1 atom stereocenters. The first-order valence-electron chi connectivity index (χ1n) is 11.1. The molecule has 0 aliphatic carbocycles. The average molecular weight is 469 g/mol. The number of carbonyl (C=O) groups excluding carboxylic acids is 2. The number of piperidine rings is 1. The lowest BCUT2D eigenvalue weighted by Gasteiger charge is -2.41. The van der Waals surface area contributed by atoms with Gasteiger partial charge in [-0.3, -0.25) is 9.59 Å². The van der Waals surface area contributed by atoms with Gasteiger partial charge in [-0.25, -0.2) is 0 Å². The quantitative estimate of drug-likeness (QED) is 0.504. The summed E-state index contributed by atoms with van der Waals surface area (Å²) in [5, 5.41) is 9.66. The van der Waals surface area contributed by atoms with Crippen molar-refractivity contribution < 1.29 is 19.1 Å². The highest BCUT2D eigenvalue weighted by Crippen LogP contribution is 2.37. The summed E-state index contributed by atoms with van der Waals surface area (Å²) in [4.78, 5) is 28.1. The number of ether oxygens (including phenoxy) is 2. The highest BCUT2D eigenvalue weighted by Gasteiger charge is 2.44. The van der Waals surface area contributed by atoms with Gasteiger partial charge in [-0.05, 0) is 70.4 Å². The Morgan fingerprint density at radius 2 is 1.94 bits per heavy atom. The van der Waals surface area contributed by atoms with Gasteiger partial charge in [-0.15, -0.1) is 0 Å². The van der Waals surface area contributed by atoms with Crippen molar-refractivity contribution in [3.8, 4) is 17.6 Å². The van der Waals surface area contributed by atoms with Gasteiger partial charge in [0.2, 0.25) is 0 Å². The summed E-state index contributed by atoms with van der Waals surface area (Å²) < 4.78 is 11.6. The molecule has 0 radical (unpaired) electrons. The Labute approximate surface area is 200 Å². The molecular formula is C26H29ClN2O4. The Hall–Kier alpha value is -3.04. The van der Waals surface area contributed by atoms with Gasteiger partial charge in [0.25, 0.3) is 5.91 Å². The summed E-state index contributed by atoms with van der Waals surface area (Å²) in [6.45, 7) is 8.40. The summed E-state index contributed by atoms with van der Waals surface area (Å²) in [6, 6.07) is 13.8. The fourth-order valence-electron chi connectivity index (χ4n) is 3.99. The highest BCUT2D eigenvalue weighted by atomic mass is 35.5. The van der Waals surface area contributed by atoms with Crippen molar-refractivity contribution in [2.75, 3.05) is 13.1 Å². The molecule has 0 N–H and O–H groups in total. The first-order chi connectivity index (χ1) is 15.6. The van der Waals surface area contributed by atoms with Gasteiger partial charge in [0.15, 0.2) is 0 Å². The number of rotatable bonds is 5. The topological polar surface area (TPSA) is 79.6 Å². The van der Waals surface area contributed by atoms with Crippen LogP contribution in [0.1, 0.15) is 62.9 Å². The zero-order chi connectivity index (χ0) is 24.2. The van der Waals surface area contributed by atoms with Gasteiger partial charge in [-0.2, -0.15) is 5.26 Å². The van der Waals surface area contributed by atoms with Crippen molar-refractivity contribution in [2.24, 2.45) is 5.41 Å². The number of amides is 1. The molecule has 174 valence electrons. The number of benzene rings is 2. The zero-order valence-corrected chi connectivity index (χ0v) is 20.2. The maximum atomic E-state index is 13.3. The third kappa shape index (κ3) is 5.66. The molecular weight excluding hydrogens is 440 g/mol. The van der Waals surface area contributed by atoms with Crippen LogP contribution >= 0.6 is 11.6 Å². The number of carbonyl (C=O) groups is 2. The fourth-order valence-corrected chi connectivity index (χ4v) is 4.20. The Balaban J connectivity index is 1.81. The number of likely N-dealkylation sites (tertiary alicyclic amines) is 1. The minimum absolute atomic E-state index is 0.173. The van der Waals surface area contributed by atoms with E-state index in [-0.39, 0.29) is 17.4 Å². The van der Waals surface area contributed by atoms with Crippen LogP contribution in [0.3, 0.4) is 0 Å². The van der Waals surface area contributed by atoms with Crippen LogP contribution in [0.15, 0.2) is 42.5 Å². The molecule has 1 fully saturated rings. The van der Waals surface area contributed by atoms with Crippen molar-refractivity contribution in [1.82, 2.24) is 4.90 Å². The molecule has 2 aromatic carbocycles. The van der Waals surface area contributed by atoms with E-state index >= 15 is 0 Å². The lowest BCUT2D eigenvalue weighted by molar-refractivity contribution is -0.171. The van der Waals surface area contributed by atoms with Gasteiger partial charge in [-0.1, -0.05) is 30.7 Å². The third-order valence-electron chi connectivity index (χ3n) is 5.77. The lowest BCUT2D eigenvalue weighted by Crippen LogP contribution is -2.51. The lowest BCUT2D eigenvalue weighted by atomic mass is 9.77. The summed E-state index contributed by atoms with van der Waals surface area (Å²) in [5.41, 5.74) is -0.612. The normalized spacial score (nSPS) is 18.4. The molecule has 33 heavy (non-hydrogen) atoms. The first kappa shape index (κ1) is 24.6. The summed E-state index contributed by atoms with van der Waals surface area (Å²) in [5.74, 6) is 0.318. The van der Waals surface area contributed by atoms with E-state index in [1.54, 1.807) is 47.4 Å². The van der Waals surface area contributed by atoms with Crippen molar-refractivity contribution in [2.45, 2.75) is 52.6 Å². The zero-order valence-electron chi connectivity index (χ0n) is 19.5. The molecule has 1 heterocycles. The second-order valence-electron chi connectivity index (χ2n) is 9.32. The van der Waals surface area contributed by atoms with Crippen LogP contribution < -0.4 is 4.74 Å². The van der Waals surface area contributed by atoms with Crippen LogP contribution in [0.4, 0.5) is 0 Å². The minimum Gasteiger partial charge on any atom is -0.459 e. The molecule has 1 saturated heterocycles. The maximum Gasteiger partial charge on any atom is 0.314 e. The molecule has 2 aromatic rings. The van der Waals surface area contributed by atoms with Crippen molar-refractivity contribution in [1.29, 1.82) is 5.26 Å². The molecule has 6 nitrogen and oxygen atoms in total. The number of esters is 1. The van der Waals surface area contributed by atoms with Crippen LogP contribution in [0.5, 0.6) is 11.5 Å². The number of hydrogen-bond acceptors (Lipinski definition) is 5. The Morgan fingerprint density at radius 3 is 2.61 bits per heavy atom. The van der Waals surface area contributed by atoms with Crippen LogP contribution in [-0.4, -0.2) is 35.5 Å². The predicted octanol–water partition coefficient (Wildman–Crippen LogP) is 5.98. The average Bonchev–Trinajstić information content (AvgIpc) is 2.78. The van der Waals surface area contributed by atoms with Crippen LogP contribution in [0.25, 0.3) is 0 Å². The second kappa shape index (κ2) is 9.84. The number of nitriles is 1. The van der Waals surface area contributed by atoms with E-state index in [2.05, 4.69) is 0 Å². The minimum atomic E-state index is -0.711. The number of halogens is 1. The van der Waals surface area contributed by atoms with Crippen molar-refractivity contribution in [3.63, 3.8) is 0 Å². The Kier molecular flexibility index (Phi) is 7.34. The van der Waals surface area contributed by atoms with Gasteiger partial charge in [0.05, 0.1) is 10.4 Å². The summed E-state index contributed by atoms with van der Waals surface area (Å²) >= 11 is 6.08. The van der Waals surface area contributed by atoms with Gasteiger partial charge in [0.1, 0.15) is 28.7 Å². The van der Waals surface area contributed by atoms with Crippen LogP contribution in [-0.2, 0) is 9.53 Å². The van der Waals surface area contributed by atoms with Gasteiger partial charge in [0, 0.05) is 18.7 Å². The Morgan fingerprint density at radius 1 is 1.21 bits per heavy atom. The second-order valence-corrected chi connectivity index (χ2v) is 9.73. The van der Waals surface area contributed by atoms with Crippen LogP contribution in [0.2, 0.25) is 5.02 Å². The third-order valence-corrected chi connectivity index (χ3v) is 6.08. The largest absolute Gasteiger partial charge is 0.459 e. The predicted molar refractivity (Wildman–Crippen MR) is 126 cm³/mol. The molecule has 0 saturated carbocycles. The molecule has 0 spiro atoms. The van der Waals surface area contributed by atoms with Gasteiger partial charge >= 0.3 is 5.97 Å². The van der Waals surface area contributed by atoms with E-state index in [0.29, 0.717) is 48.0 Å². The van der Waals surface area contributed by atoms with E-state index in [1.807, 2.05) is 33.8 Å². The smallest absolute Gasteiger partial charge is 0.314 e. The number of nitrogens with zero attached hydrogens (tertiary/aromatic N) is 2. The standard InChI is InChI=1S/C26H29ClN2O4/c1-5-26(24(31)33-25(2,3)4)13-8-14-29(17-26)23(30)18-9-6-10-19(15-18)32-22-12-7-11-21(27)20(22)16-28/h6-7,9-12,15H,5,8,13-14,17H2,1-4H3. The van der Waals surface area contributed by atoms with E-state index < -0.39 is 11.0 Å². The van der Waals surface area contributed by atoms with E-state index in [4.69, 9.17) is 21.1 Å². The molecule has 1 amide bonds. The van der Waals surface area contributed by atoms with Crippen molar-refractivity contribution in [3.05, 3.63) is 58.6 Å². The molecule has 1 unspecified atom stereocenters. The molecule has 1 aliphatic rings. The molecule has 3 rings (SSSR count). The van der Waals surface area contributed by atoms with E-state index in [0.717, 1.165) is 6.42 Å². The van der Waals surface area contributed by atoms with Crippen LogP contribution in [0, 0.1) is 16.7 Å². The Bertz CT molecular complexity index is 1090. The monoisotopic (exact) mass is 468 g/mol. The van der Waals surface area contributed by atoms with Gasteiger partial charge < -0.3 is 14.4 Å². The molecule has 7 heteroatoms. The van der Waals surface area contributed by atoms with E-state index in [9.17, 15) is 14.9 Å². The summed E-state index contributed by atoms with van der Waals surface area (Å²) in [7, 11) is 0. The highest BCUT2D eigenvalue weighted by molar-refractivity contribution is 6.31. The number of hydrogen-bond donors (Lipinski definition) is 0. The molecule has 0 aromatic heterocycles. The van der Waals surface area contributed by atoms with Crippen molar-refractivity contribution >= 4 is 23.5 Å². The molecule has 0 bridgehead atoms. The fraction of sp³-hybridized carbons (Fsp3) is 0.423. The maximum absolute atomic E-state index is 13.3. The SMILES string of the molecule is CCC1(C(=O)OC(C)(C)C)CCCN(C(=O)c2cccc(Oc3cccc(Cl)c3C#N)c2)C1. The van der Waals surface area contributed by atoms with E-state index in [1.165, 1.54) is 0 Å². The summed E-state index contributed by atoms with van der Waals surface area (Å²) in [6.07, 6.45) is 2.01. The first-order valence-corrected chi connectivity index (χ1v) is 11.5. The molecule has 1 aliphatic heterocycles.